The van der Waals surface area contributed by atoms with Gasteiger partial charge in [-0.2, -0.15) is 0 Å². The molecular weight excluding hydrogens is 239 g/mol. The van der Waals surface area contributed by atoms with Crippen LogP contribution in [0.2, 0.25) is 0 Å². The van der Waals surface area contributed by atoms with Crippen LogP contribution in [0.5, 0.6) is 0 Å². The number of benzene rings is 2. The molecule has 0 unspecified atom stereocenters. The molecule has 0 saturated heterocycles. The first-order valence-corrected chi connectivity index (χ1v) is 6.67. The van der Waals surface area contributed by atoms with E-state index in [-0.39, 0.29) is 5.82 Å². The van der Waals surface area contributed by atoms with Crippen molar-refractivity contribution in [2.75, 3.05) is 11.1 Å². The number of nitrogens with one attached hydrogen (secondary N) is 1. The van der Waals surface area contributed by atoms with Gasteiger partial charge in [0.05, 0.1) is 11.4 Å². The zero-order valence-corrected chi connectivity index (χ0v) is 10.7. The van der Waals surface area contributed by atoms with Crippen molar-refractivity contribution in [1.82, 2.24) is 0 Å². The second kappa shape index (κ2) is 4.92. The highest BCUT2D eigenvalue weighted by Crippen LogP contribution is 2.29. The number of fused-ring (bicyclic) bond motifs is 1. The average Bonchev–Trinajstić information content (AvgIpc) is 2.43. The first-order chi connectivity index (χ1) is 9.24. The minimum absolute atomic E-state index is 0.322. The van der Waals surface area contributed by atoms with E-state index < -0.39 is 0 Å². The van der Waals surface area contributed by atoms with Gasteiger partial charge in [0.25, 0.3) is 0 Å². The lowest BCUT2D eigenvalue weighted by molar-refractivity contribution is 0.632. The van der Waals surface area contributed by atoms with Gasteiger partial charge in [-0.1, -0.05) is 12.1 Å². The van der Waals surface area contributed by atoms with Gasteiger partial charge in [-0.25, -0.2) is 4.39 Å². The van der Waals surface area contributed by atoms with E-state index >= 15 is 0 Å². The number of halogens is 1. The number of hydrogen-bond donors (Lipinski definition) is 2. The van der Waals surface area contributed by atoms with Crippen LogP contribution in [0.3, 0.4) is 0 Å². The van der Waals surface area contributed by atoms with Gasteiger partial charge in [0.1, 0.15) is 5.82 Å². The summed E-state index contributed by atoms with van der Waals surface area (Å²) in [4.78, 5) is 0. The highest BCUT2D eigenvalue weighted by molar-refractivity contribution is 5.73. The number of anilines is 3. The summed E-state index contributed by atoms with van der Waals surface area (Å²) in [5.74, 6) is -0.322. The fourth-order valence-electron chi connectivity index (χ4n) is 2.63. The number of para-hydroxylation sites is 1. The van der Waals surface area contributed by atoms with Crippen LogP contribution in [0.15, 0.2) is 36.4 Å². The van der Waals surface area contributed by atoms with Crippen LogP contribution in [0.4, 0.5) is 21.5 Å². The molecule has 2 aromatic rings. The summed E-state index contributed by atoms with van der Waals surface area (Å²) in [6.07, 6.45) is 4.76. The SMILES string of the molecule is Nc1cccc(F)c1Nc1ccc2c(c1)CCCC2. The maximum absolute atomic E-state index is 13.7. The minimum atomic E-state index is -0.322. The normalized spacial score (nSPS) is 13.9. The first kappa shape index (κ1) is 12.0. The molecule has 2 aromatic carbocycles. The molecule has 19 heavy (non-hydrogen) atoms. The van der Waals surface area contributed by atoms with E-state index in [1.807, 2.05) is 6.07 Å². The maximum atomic E-state index is 13.7. The van der Waals surface area contributed by atoms with Gasteiger partial charge in [0.15, 0.2) is 0 Å². The second-order valence-corrected chi connectivity index (χ2v) is 5.02. The molecular formula is C16H17FN2. The number of aryl methyl sites for hydroxylation is 2. The molecule has 0 aliphatic heterocycles. The molecule has 0 radical (unpaired) electrons. The lowest BCUT2D eigenvalue weighted by atomic mass is 9.91. The van der Waals surface area contributed by atoms with E-state index in [2.05, 4.69) is 17.4 Å². The third-order valence-electron chi connectivity index (χ3n) is 3.66. The molecule has 0 bridgehead atoms. The molecule has 0 spiro atoms. The summed E-state index contributed by atoms with van der Waals surface area (Å²) < 4.78 is 13.7. The predicted octanol–water partition coefficient (Wildman–Crippen LogP) is 4.03. The van der Waals surface area contributed by atoms with Crippen molar-refractivity contribution in [3.63, 3.8) is 0 Å². The number of nitrogens with two attached hydrogens (primary N) is 1. The molecule has 1 aliphatic rings. The highest BCUT2D eigenvalue weighted by atomic mass is 19.1. The van der Waals surface area contributed by atoms with Gasteiger partial charge < -0.3 is 11.1 Å². The van der Waals surface area contributed by atoms with Crippen molar-refractivity contribution in [2.45, 2.75) is 25.7 Å². The van der Waals surface area contributed by atoms with Gasteiger partial charge in [0, 0.05) is 5.69 Å². The molecule has 2 nitrogen and oxygen atoms in total. The predicted molar refractivity (Wildman–Crippen MR) is 77.2 cm³/mol. The summed E-state index contributed by atoms with van der Waals surface area (Å²) >= 11 is 0. The third-order valence-corrected chi connectivity index (χ3v) is 3.66. The topological polar surface area (TPSA) is 38.0 Å². The fraction of sp³-hybridized carbons (Fsp3) is 0.250. The summed E-state index contributed by atoms with van der Waals surface area (Å²) in [5, 5.41) is 3.09. The molecule has 98 valence electrons. The Kier molecular flexibility index (Phi) is 3.11. The Hall–Kier alpha value is -2.03. The largest absolute Gasteiger partial charge is 0.397 e. The van der Waals surface area contributed by atoms with Crippen LogP contribution in [0.1, 0.15) is 24.0 Å². The Bertz CT molecular complexity index is 587. The van der Waals surface area contributed by atoms with Crippen molar-refractivity contribution < 1.29 is 4.39 Å². The third kappa shape index (κ3) is 2.41. The number of rotatable bonds is 2. The highest BCUT2D eigenvalue weighted by Gasteiger charge is 2.11. The van der Waals surface area contributed by atoms with E-state index in [0.29, 0.717) is 11.4 Å². The number of nitrogen functional groups attached to an aromatic ring is 1. The van der Waals surface area contributed by atoms with Crippen LogP contribution < -0.4 is 11.1 Å². The quantitative estimate of drug-likeness (QED) is 0.796. The Morgan fingerprint density at radius 3 is 2.58 bits per heavy atom. The van der Waals surface area contributed by atoms with Gasteiger partial charge in [-0.15, -0.1) is 0 Å². The number of hydrogen-bond acceptors (Lipinski definition) is 2. The van der Waals surface area contributed by atoms with E-state index in [0.717, 1.165) is 18.5 Å². The molecule has 0 fully saturated rings. The van der Waals surface area contributed by atoms with Gasteiger partial charge in [-0.3, -0.25) is 0 Å². The van der Waals surface area contributed by atoms with Gasteiger partial charge in [0.2, 0.25) is 0 Å². The van der Waals surface area contributed by atoms with Crippen LogP contribution in [-0.4, -0.2) is 0 Å². The van der Waals surface area contributed by atoms with Gasteiger partial charge in [-0.05, 0) is 61.1 Å². The zero-order chi connectivity index (χ0) is 13.2. The minimum Gasteiger partial charge on any atom is -0.397 e. The smallest absolute Gasteiger partial charge is 0.148 e. The fourth-order valence-corrected chi connectivity index (χ4v) is 2.63. The summed E-state index contributed by atoms with van der Waals surface area (Å²) in [7, 11) is 0. The van der Waals surface area contributed by atoms with E-state index in [4.69, 9.17) is 5.73 Å². The van der Waals surface area contributed by atoms with Crippen LogP contribution in [-0.2, 0) is 12.8 Å². The summed E-state index contributed by atoms with van der Waals surface area (Å²) in [5.41, 5.74) is 10.3. The first-order valence-electron chi connectivity index (χ1n) is 6.67. The summed E-state index contributed by atoms with van der Waals surface area (Å²) in [6, 6.07) is 11.0. The molecule has 0 aromatic heterocycles. The van der Waals surface area contributed by atoms with Crippen LogP contribution in [0.25, 0.3) is 0 Å². The molecule has 0 heterocycles. The second-order valence-electron chi connectivity index (χ2n) is 5.02. The molecule has 3 N–H and O–H groups in total. The molecule has 3 heteroatoms. The Labute approximate surface area is 112 Å². The Balaban J connectivity index is 1.91. The van der Waals surface area contributed by atoms with E-state index in [9.17, 15) is 4.39 Å². The van der Waals surface area contributed by atoms with Crippen molar-refractivity contribution >= 4 is 17.1 Å². The van der Waals surface area contributed by atoms with Crippen molar-refractivity contribution in [1.29, 1.82) is 0 Å². The monoisotopic (exact) mass is 256 g/mol. The zero-order valence-electron chi connectivity index (χ0n) is 10.7. The standard InChI is InChI=1S/C16H17FN2/c17-14-6-3-7-15(18)16(14)19-13-9-8-11-4-1-2-5-12(11)10-13/h3,6-10,19H,1-2,4-5,18H2. The Morgan fingerprint density at radius 1 is 1.00 bits per heavy atom. The molecule has 0 saturated carbocycles. The Morgan fingerprint density at radius 2 is 1.79 bits per heavy atom. The van der Waals surface area contributed by atoms with Crippen molar-refractivity contribution in [2.24, 2.45) is 0 Å². The maximum Gasteiger partial charge on any atom is 0.148 e. The van der Waals surface area contributed by atoms with Gasteiger partial charge >= 0.3 is 0 Å². The molecule has 3 rings (SSSR count). The van der Waals surface area contributed by atoms with Crippen molar-refractivity contribution in [3.05, 3.63) is 53.3 Å². The molecule has 1 aliphatic carbocycles. The molecule has 0 amide bonds. The van der Waals surface area contributed by atoms with Crippen LogP contribution >= 0.6 is 0 Å². The van der Waals surface area contributed by atoms with E-state index in [1.165, 1.54) is 30.0 Å². The molecule has 0 atom stereocenters. The lowest BCUT2D eigenvalue weighted by Crippen LogP contribution is -2.04. The van der Waals surface area contributed by atoms with E-state index in [1.54, 1.807) is 12.1 Å². The van der Waals surface area contributed by atoms with Crippen molar-refractivity contribution in [3.8, 4) is 0 Å². The van der Waals surface area contributed by atoms with Crippen LogP contribution in [0, 0.1) is 5.82 Å². The summed E-state index contributed by atoms with van der Waals surface area (Å²) in [6.45, 7) is 0. The average molecular weight is 256 g/mol. The lowest BCUT2D eigenvalue weighted by Gasteiger charge is -2.17.